The van der Waals surface area contributed by atoms with E-state index in [1.165, 1.54) is 36.8 Å². The minimum absolute atomic E-state index is 0. The smallest absolute Gasteiger partial charge is 0.120 e. The molecule has 0 amide bonds. The van der Waals surface area contributed by atoms with Crippen molar-refractivity contribution in [3.05, 3.63) is 51.7 Å². The highest BCUT2D eigenvalue weighted by molar-refractivity contribution is 7.08. The average Bonchev–Trinajstić information content (AvgIpc) is 3.36. The maximum atomic E-state index is 10.3. The summed E-state index contributed by atoms with van der Waals surface area (Å²) in [6, 6.07) is 8.40. The van der Waals surface area contributed by atoms with Gasteiger partial charge in [-0.2, -0.15) is 11.3 Å². The van der Waals surface area contributed by atoms with Gasteiger partial charge in [-0.1, -0.05) is 18.9 Å². The van der Waals surface area contributed by atoms with Crippen molar-refractivity contribution in [1.29, 1.82) is 0 Å². The Morgan fingerprint density at radius 1 is 1.03 bits per heavy atom. The van der Waals surface area contributed by atoms with Crippen molar-refractivity contribution in [3.63, 3.8) is 0 Å². The van der Waals surface area contributed by atoms with Crippen LogP contribution in [0, 0.1) is 0 Å². The van der Waals surface area contributed by atoms with E-state index in [1.807, 2.05) is 6.07 Å². The number of hydrogen-bond acceptors (Lipinski definition) is 5. The molecular weight excluding hydrogens is 461 g/mol. The number of halogens is 3. The summed E-state index contributed by atoms with van der Waals surface area (Å²) in [6.07, 6.45) is 5.03. The molecule has 4 nitrogen and oxygen atoms in total. The zero-order valence-electron chi connectivity index (χ0n) is 17.5. The van der Waals surface area contributed by atoms with Crippen LogP contribution in [0.3, 0.4) is 0 Å². The zero-order valence-corrected chi connectivity index (χ0v) is 20.8. The fourth-order valence-electron chi connectivity index (χ4n) is 4.48. The molecule has 2 fully saturated rings. The lowest BCUT2D eigenvalue weighted by Gasteiger charge is -2.32. The third-order valence-electron chi connectivity index (χ3n) is 6.30. The Morgan fingerprint density at radius 3 is 2.37 bits per heavy atom. The van der Waals surface area contributed by atoms with E-state index >= 15 is 0 Å². The minimum atomic E-state index is 0. The molecule has 2 aliphatic rings. The number of likely N-dealkylation sites (N-methyl/N-ethyl adjacent to an activating group) is 1. The average molecular weight is 495 g/mol. The standard InChI is InChI=1S/C22H31N3OS.3ClH/c1-24-9-11-25(12-10-24)16-19-14-18(4-5-21(19)26)15-23-22(7-2-3-8-22)20-6-13-27-17-20;;;/h4-6,13-14,17,23,26H,2-3,7-12,15-16H2,1H3;3*1H. The Balaban J connectivity index is 0.00000150. The molecule has 2 heterocycles. The normalized spacial score (nSPS) is 18.8. The van der Waals surface area contributed by atoms with Crippen LogP contribution in [0.4, 0.5) is 0 Å². The van der Waals surface area contributed by atoms with E-state index in [0.29, 0.717) is 5.75 Å². The molecule has 1 aromatic carbocycles. The lowest BCUT2D eigenvalue weighted by molar-refractivity contribution is 0.147. The predicted molar refractivity (Wildman–Crippen MR) is 134 cm³/mol. The summed E-state index contributed by atoms with van der Waals surface area (Å²) in [5.41, 5.74) is 3.89. The number of rotatable bonds is 6. The van der Waals surface area contributed by atoms with Gasteiger partial charge >= 0.3 is 0 Å². The summed E-state index contributed by atoms with van der Waals surface area (Å²) in [5, 5.41) is 18.7. The van der Waals surface area contributed by atoms with Gasteiger partial charge in [0.05, 0.1) is 0 Å². The number of phenols is 1. The first-order chi connectivity index (χ1) is 13.1. The molecular formula is C22H34Cl3N3OS. The Bertz CT molecular complexity index is 746. The van der Waals surface area contributed by atoms with Crippen molar-refractivity contribution in [2.75, 3.05) is 33.2 Å². The van der Waals surface area contributed by atoms with E-state index in [-0.39, 0.29) is 42.8 Å². The zero-order chi connectivity index (χ0) is 18.7. The number of phenolic OH excluding ortho intramolecular Hbond substituents is 1. The summed E-state index contributed by atoms with van der Waals surface area (Å²) >= 11 is 1.79. The van der Waals surface area contributed by atoms with Crippen LogP contribution in [0.5, 0.6) is 5.75 Å². The molecule has 0 atom stereocenters. The number of nitrogens with one attached hydrogen (secondary N) is 1. The van der Waals surface area contributed by atoms with E-state index in [0.717, 1.165) is 44.8 Å². The van der Waals surface area contributed by atoms with Crippen LogP contribution in [-0.2, 0) is 18.6 Å². The largest absolute Gasteiger partial charge is 0.508 e. The Hall–Kier alpha value is -0.530. The van der Waals surface area contributed by atoms with Gasteiger partial charge in [0.25, 0.3) is 0 Å². The first kappa shape index (κ1) is 27.5. The molecule has 0 radical (unpaired) electrons. The van der Waals surface area contributed by atoms with Gasteiger partial charge in [-0.15, -0.1) is 37.2 Å². The number of benzene rings is 1. The molecule has 1 aromatic heterocycles. The second kappa shape index (κ2) is 12.5. The number of aromatic hydroxyl groups is 1. The van der Waals surface area contributed by atoms with Crippen molar-refractivity contribution in [1.82, 2.24) is 15.1 Å². The predicted octanol–water partition coefficient (Wildman–Crippen LogP) is 5.03. The maximum Gasteiger partial charge on any atom is 0.120 e. The molecule has 1 saturated heterocycles. The van der Waals surface area contributed by atoms with Crippen LogP contribution in [0.25, 0.3) is 0 Å². The fraction of sp³-hybridized carbons (Fsp3) is 0.545. The molecule has 4 rings (SSSR count). The van der Waals surface area contributed by atoms with Crippen LogP contribution in [0.15, 0.2) is 35.0 Å². The number of hydrogen-bond donors (Lipinski definition) is 2. The molecule has 170 valence electrons. The quantitative estimate of drug-likeness (QED) is 0.591. The molecule has 0 unspecified atom stereocenters. The summed E-state index contributed by atoms with van der Waals surface area (Å²) in [6.45, 7) is 6.03. The summed E-state index contributed by atoms with van der Waals surface area (Å²) in [4.78, 5) is 4.80. The monoisotopic (exact) mass is 493 g/mol. The van der Waals surface area contributed by atoms with E-state index in [1.54, 1.807) is 11.3 Å². The highest BCUT2D eigenvalue weighted by Crippen LogP contribution is 2.40. The Morgan fingerprint density at radius 2 is 1.73 bits per heavy atom. The van der Waals surface area contributed by atoms with Gasteiger partial charge in [0, 0.05) is 50.4 Å². The number of thiophene rings is 1. The molecule has 1 aliphatic carbocycles. The SMILES string of the molecule is CN1CCN(Cc2cc(CNC3(c4ccsc4)CCCC3)ccc2O)CC1.Cl.Cl.Cl. The van der Waals surface area contributed by atoms with Gasteiger partial charge in [0.1, 0.15) is 5.75 Å². The lowest BCUT2D eigenvalue weighted by Crippen LogP contribution is -2.43. The second-order valence-electron chi connectivity index (χ2n) is 8.20. The maximum absolute atomic E-state index is 10.3. The molecule has 30 heavy (non-hydrogen) atoms. The van der Waals surface area contributed by atoms with Gasteiger partial charge in [0.15, 0.2) is 0 Å². The van der Waals surface area contributed by atoms with E-state index in [2.05, 4.69) is 51.1 Å². The van der Waals surface area contributed by atoms with Crippen molar-refractivity contribution >= 4 is 48.6 Å². The van der Waals surface area contributed by atoms with E-state index < -0.39 is 0 Å². The number of piperazine rings is 1. The molecule has 8 heteroatoms. The molecule has 2 aromatic rings. The van der Waals surface area contributed by atoms with Crippen molar-refractivity contribution in [3.8, 4) is 5.75 Å². The fourth-order valence-corrected chi connectivity index (χ4v) is 5.23. The first-order valence-electron chi connectivity index (χ1n) is 10.1. The second-order valence-corrected chi connectivity index (χ2v) is 8.98. The van der Waals surface area contributed by atoms with E-state index in [4.69, 9.17) is 0 Å². The third kappa shape index (κ3) is 6.49. The molecule has 1 aliphatic heterocycles. The summed E-state index contributed by atoms with van der Waals surface area (Å²) in [7, 11) is 2.17. The first-order valence-corrected chi connectivity index (χ1v) is 11.1. The summed E-state index contributed by atoms with van der Waals surface area (Å²) < 4.78 is 0. The van der Waals surface area contributed by atoms with Crippen molar-refractivity contribution < 1.29 is 5.11 Å². The Labute approximate surface area is 203 Å². The van der Waals surface area contributed by atoms with Crippen molar-refractivity contribution in [2.45, 2.75) is 44.3 Å². The van der Waals surface area contributed by atoms with Gasteiger partial charge in [0.2, 0.25) is 0 Å². The molecule has 2 N–H and O–H groups in total. The Kier molecular flexibility index (Phi) is 11.5. The van der Waals surface area contributed by atoms with Crippen LogP contribution in [0.1, 0.15) is 42.4 Å². The molecule has 1 saturated carbocycles. The third-order valence-corrected chi connectivity index (χ3v) is 6.98. The molecule has 0 bridgehead atoms. The van der Waals surface area contributed by atoms with Crippen LogP contribution < -0.4 is 5.32 Å². The highest BCUT2D eigenvalue weighted by Gasteiger charge is 2.35. The van der Waals surface area contributed by atoms with Crippen LogP contribution in [0.2, 0.25) is 0 Å². The van der Waals surface area contributed by atoms with Crippen LogP contribution in [-0.4, -0.2) is 48.1 Å². The highest BCUT2D eigenvalue weighted by atomic mass is 35.5. The van der Waals surface area contributed by atoms with Gasteiger partial charge in [-0.05, 0) is 60.0 Å². The minimum Gasteiger partial charge on any atom is -0.508 e. The summed E-state index contributed by atoms with van der Waals surface area (Å²) in [5.74, 6) is 0.422. The van der Waals surface area contributed by atoms with Gasteiger partial charge < -0.3 is 15.3 Å². The topological polar surface area (TPSA) is 38.7 Å². The molecule has 0 spiro atoms. The number of nitrogens with zero attached hydrogens (tertiary/aromatic N) is 2. The lowest BCUT2D eigenvalue weighted by atomic mass is 9.90. The van der Waals surface area contributed by atoms with Gasteiger partial charge in [-0.3, -0.25) is 4.90 Å². The van der Waals surface area contributed by atoms with E-state index in [9.17, 15) is 5.11 Å². The van der Waals surface area contributed by atoms with Crippen molar-refractivity contribution in [2.24, 2.45) is 0 Å². The van der Waals surface area contributed by atoms with Crippen LogP contribution >= 0.6 is 48.6 Å². The van der Waals surface area contributed by atoms with Gasteiger partial charge in [-0.25, -0.2) is 0 Å².